The Morgan fingerprint density at radius 1 is 1.03 bits per heavy atom. The summed E-state index contributed by atoms with van der Waals surface area (Å²) in [6.45, 7) is 5.01. The first-order valence-electron chi connectivity index (χ1n) is 9.58. The molecule has 0 unspecified atom stereocenters. The number of hydrogen-bond donors (Lipinski definition) is 0. The van der Waals surface area contributed by atoms with Crippen molar-refractivity contribution in [2.45, 2.75) is 13.8 Å². The van der Waals surface area contributed by atoms with Gasteiger partial charge in [0, 0.05) is 5.56 Å². The van der Waals surface area contributed by atoms with Gasteiger partial charge in [-0.3, -0.25) is 4.79 Å². The highest BCUT2D eigenvalue weighted by Gasteiger charge is 2.12. The number of thiazole rings is 1. The molecule has 0 radical (unpaired) electrons. The molecule has 0 atom stereocenters. The molecule has 0 saturated carbocycles. The molecule has 154 valence electrons. The van der Waals surface area contributed by atoms with E-state index in [0.717, 1.165) is 16.9 Å². The van der Waals surface area contributed by atoms with Crippen molar-refractivity contribution in [2.75, 3.05) is 20.3 Å². The maximum absolute atomic E-state index is 12.8. The van der Waals surface area contributed by atoms with Crippen molar-refractivity contribution in [2.24, 2.45) is 0 Å². The highest BCUT2D eigenvalue weighted by atomic mass is 32.1. The van der Waals surface area contributed by atoms with Crippen LogP contribution < -0.4 is 24.3 Å². The summed E-state index contributed by atoms with van der Waals surface area (Å²) in [6, 6.07) is 13.1. The van der Waals surface area contributed by atoms with E-state index >= 15 is 0 Å². The van der Waals surface area contributed by atoms with E-state index in [-0.39, 0.29) is 5.56 Å². The molecule has 2 heterocycles. The van der Waals surface area contributed by atoms with E-state index in [2.05, 4.69) is 10.1 Å². The lowest BCUT2D eigenvalue weighted by Crippen LogP contribution is -2.23. The predicted molar refractivity (Wildman–Crippen MR) is 117 cm³/mol. The molecule has 0 bridgehead atoms. The molecule has 0 N–H and O–H groups in total. The minimum absolute atomic E-state index is 0.201. The van der Waals surface area contributed by atoms with Gasteiger partial charge in [0.1, 0.15) is 5.75 Å². The van der Waals surface area contributed by atoms with E-state index in [0.29, 0.717) is 40.0 Å². The third-order valence-electron chi connectivity index (χ3n) is 4.39. The fourth-order valence-electron chi connectivity index (χ4n) is 3.02. The third kappa shape index (κ3) is 3.86. The first-order chi connectivity index (χ1) is 14.6. The Hall–Kier alpha value is -3.39. The van der Waals surface area contributed by atoms with Crippen molar-refractivity contribution < 1.29 is 14.2 Å². The highest BCUT2D eigenvalue weighted by molar-refractivity contribution is 7.15. The number of aromatic nitrogens is 3. The molecule has 0 aliphatic rings. The first kappa shape index (κ1) is 19.9. The van der Waals surface area contributed by atoms with Gasteiger partial charge in [-0.1, -0.05) is 17.4 Å². The average Bonchev–Trinajstić information content (AvgIpc) is 3.29. The summed E-state index contributed by atoms with van der Waals surface area (Å²) in [4.78, 5) is 17.9. The zero-order valence-corrected chi connectivity index (χ0v) is 17.7. The number of benzene rings is 2. The number of rotatable bonds is 7. The van der Waals surface area contributed by atoms with E-state index < -0.39 is 0 Å². The van der Waals surface area contributed by atoms with Gasteiger partial charge in [0.2, 0.25) is 4.96 Å². The summed E-state index contributed by atoms with van der Waals surface area (Å²) < 4.78 is 18.3. The fourth-order valence-corrected chi connectivity index (χ4v) is 3.93. The lowest BCUT2D eigenvalue weighted by Gasteiger charge is -2.09. The second-order valence-corrected chi connectivity index (χ2v) is 7.36. The van der Waals surface area contributed by atoms with Gasteiger partial charge < -0.3 is 14.2 Å². The number of fused-ring (bicyclic) bond motifs is 1. The van der Waals surface area contributed by atoms with Crippen LogP contribution in [0.1, 0.15) is 19.4 Å². The van der Waals surface area contributed by atoms with Crippen LogP contribution in [0.2, 0.25) is 0 Å². The Kier molecular flexibility index (Phi) is 5.67. The molecule has 0 amide bonds. The third-order valence-corrected chi connectivity index (χ3v) is 5.35. The van der Waals surface area contributed by atoms with Crippen LogP contribution in [0.5, 0.6) is 17.2 Å². The summed E-state index contributed by atoms with van der Waals surface area (Å²) >= 11 is 1.30. The van der Waals surface area contributed by atoms with Crippen molar-refractivity contribution in [3.63, 3.8) is 0 Å². The normalized spacial score (nSPS) is 11.8. The smallest absolute Gasteiger partial charge is 0.291 e. The van der Waals surface area contributed by atoms with Crippen molar-refractivity contribution >= 4 is 22.4 Å². The molecular formula is C22H21N3O4S. The standard InChI is InChI=1S/C22H21N3O4S/c1-4-28-16-9-7-15(8-10-16)20-23-22-25(24-20)21(26)19(30-22)13-14-6-11-17(29-5-2)18(12-14)27-3/h6-13H,4-5H2,1-3H3/b19-13-. The molecule has 0 aliphatic heterocycles. The zero-order chi connectivity index (χ0) is 21.1. The lowest BCUT2D eigenvalue weighted by molar-refractivity contribution is 0.311. The molecule has 4 rings (SSSR count). The molecular weight excluding hydrogens is 402 g/mol. The van der Waals surface area contributed by atoms with E-state index in [1.165, 1.54) is 15.9 Å². The van der Waals surface area contributed by atoms with Crippen LogP contribution in [0.25, 0.3) is 22.4 Å². The number of hydrogen-bond acceptors (Lipinski definition) is 7. The first-order valence-corrected chi connectivity index (χ1v) is 10.4. The number of methoxy groups -OCH3 is 1. The highest BCUT2D eigenvalue weighted by Crippen LogP contribution is 2.28. The van der Waals surface area contributed by atoms with Gasteiger partial charge in [-0.25, -0.2) is 0 Å². The molecule has 0 saturated heterocycles. The number of ether oxygens (including phenoxy) is 3. The van der Waals surface area contributed by atoms with Crippen LogP contribution in [0, 0.1) is 0 Å². The maximum Gasteiger partial charge on any atom is 0.291 e. The molecule has 4 aromatic rings. The van der Waals surface area contributed by atoms with Gasteiger partial charge in [-0.05, 0) is 61.9 Å². The van der Waals surface area contributed by atoms with E-state index in [1.54, 1.807) is 13.2 Å². The lowest BCUT2D eigenvalue weighted by atomic mass is 10.2. The topological polar surface area (TPSA) is 75.0 Å². The van der Waals surface area contributed by atoms with Crippen LogP contribution in [0.3, 0.4) is 0 Å². The van der Waals surface area contributed by atoms with Gasteiger partial charge in [0.25, 0.3) is 5.56 Å². The van der Waals surface area contributed by atoms with Crippen LogP contribution in [0.15, 0.2) is 47.3 Å². The number of nitrogens with zero attached hydrogens (tertiary/aromatic N) is 3. The van der Waals surface area contributed by atoms with Crippen LogP contribution >= 0.6 is 11.3 Å². The molecule has 7 nitrogen and oxygen atoms in total. The van der Waals surface area contributed by atoms with Gasteiger partial charge >= 0.3 is 0 Å². The molecule has 0 spiro atoms. The maximum atomic E-state index is 12.8. The van der Waals surface area contributed by atoms with Crippen LogP contribution in [0.4, 0.5) is 0 Å². The Morgan fingerprint density at radius 2 is 1.80 bits per heavy atom. The van der Waals surface area contributed by atoms with Crippen molar-refractivity contribution in [3.05, 3.63) is 62.9 Å². The molecule has 30 heavy (non-hydrogen) atoms. The Bertz CT molecular complexity index is 1280. The minimum atomic E-state index is -0.201. The van der Waals surface area contributed by atoms with Crippen molar-refractivity contribution in [1.29, 1.82) is 0 Å². The zero-order valence-electron chi connectivity index (χ0n) is 16.9. The van der Waals surface area contributed by atoms with E-state index in [4.69, 9.17) is 14.2 Å². The minimum Gasteiger partial charge on any atom is -0.494 e. The Labute approximate surface area is 177 Å². The SMILES string of the molecule is CCOc1ccc(-c2nc3s/c(=C\c4ccc(OCC)c(OC)c4)c(=O)n3n2)cc1. The van der Waals surface area contributed by atoms with E-state index in [1.807, 2.05) is 56.3 Å². The molecule has 2 aromatic carbocycles. The fraction of sp³-hybridized carbons (Fsp3) is 0.227. The quantitative estimate of drug-likeness (QED) is 0.455. The van der Waals surface area contributed by atoms with E-state index in [9.17, 15) is 4.79 Å². The van der Waals surface area contributed by atoms with Crippen LogP contribution in [-0.4, -0.2) is 34.9 Å². The largest absolute Gasteiger partial charge is 0.494 e. The van der Waals surface area contributed by atoms with Crippen molar-refractivity contribution in [3.8, 4) is 28.6 Å². The summed E-state index contributed by atoms with van der Waals surface area (Å²) in [5, 5.41) is 4.39. The second-order valence-electron chi connectivity index (χ2n) is 6.35. The summed E-state index contributed by atoms with van der Waals surface area (Å²) in [7, 11) is 1.59. The summed E-state index contributed by atoms with van der Waals surface area (Å²) in [5.41, 5.74) is 1.46. The van der Waals surface area contributed by atoms with Crippen molar-refractivity contribution in [1.82, 2.24) is 14.6 Å². The monoisotopic (exact) mass is 423 g/mol. The van der Waals surface area contributed by atoms with Gasteiger partial charge in [-0.15, -0.1) is 5.10 Å². The predicted octanol–water partition coefficient (Wildman–Crippen LogP) is 3.17. The summed E-state index contributed by atoms with van der Waals surface area (Å²) in [6.07, 6.45) is 1.80. The molecule has 0 aliphatic carbocycles. The Balaban J connectivity index is 1.68. The Morgan fingerprint density at radius 3 is 2.47 bits per heavy atom. The summed E-state index contributed by atoms with van der Waals surface area (Å²) in [5.74, 6) is 2.59. The molecule has 0 fully saturated rings. The molecule has 2 aromatic heterocycles. The second kappa shape index (κ2) is 8.54. The van der Waals surface area contributed by atoms with Gasteiger partial charge in [0.05, 0.1) is 24.9 Å². The average molecular weight is 423 g/mol. The van der Waals surface area contributed by atoms with Crippen LogP contribution in [-0.2, 0) is 0 Å². The van der Waals surface area contributed by atoms with Gasteiger partial charge in [0.15, 0.2) is 17.3 Å². The van der Waals surface area contributed by atoms with Gasteiger partial charge in [-0.2, -0.15) is 9.50 Å². The molecule has 8 heteroatoms.